The van der Waals surface area contributed by atoms with Gasteiger partial charge in [0.15, 0.2) is 0 Å². The van der Waals surface area contributed by atoms with Crippen LogP contribution in [0.2, 0.25) is 0 Å². The van der Waals surface area contributed by atoms with Gasteiger partial charge in [-0.2, -0.15) is 0 Å². The monoisotopic (exact) mass is 362 g/mol. The van der Waals surface area contributed by atoms with Crippen molar-refractivity contribution in [2.75, 3.05) is 17.7 Å². The van der Waals surface area contributed by atoms with Crippen LogP contribution < -0.4 is 20.1 Å². The summed E-state index contributed by atoms with van der Waals surface area (Å²) >= 11 is 0. The van der Waals surface area contributed by atoms with E-state index in [1.54, 1.807) is 55.6 Å². The number of benzene rings is 3. The maximum atomic E-state index is 12.0. The Kier molecular flexibility index (Phi) is 5.69. The molecule has 6 heteroatoms. The zero-order valence-corrected chi connectivity index (χ0v) is 14.6. The highest BCUT2D eigenvalue weighted by Gasteiger charge is 2.14. The predicted molar refractivity (Wildman–Crippen MR) is 103 cm³/mol. The summed E-state index contributed by atoms with van der Waals surface area (Å²) < 4.78 is 10.7. The van der Waals surface area contributed by atoms with Gasteiger partial charge in [-0.1, -0.05) is 18.2 Å². The largest absolute Gasteiger partial charge is 0.497 e. The molecule has 27 heavy (non-hydrogen) atoms. The lowest BCUT2D eigenvalue weighted by atomic mass is 10.3. The highest BCUT2D eigenvalue weighted by atomic mass is 16.5. The Hall–Kier alpha value is -3.80. The van der Waals surface area contributed by atoms with Crippen molar-refractivity contribution in [3.8, 4) is 17.2 Å². The van der Waals surface area contributed by atoms with Crippen LogP contribution in [0, 0.1) is 0 Å². The second kappa shape index (κ2) is 8.53. The average molecular weight is 362 g/mol. The van der Waals surface area contributed by atoms with E-state index in [1.807, 2.05) is 30.3 Å². The van der Waals surface area contributed by atoms with Gasteiger partial charge in [0.2, 0.25) is 0 Å². The fourth-order valence-electron chi connectivity index (χ4n) is 2.28. The summed E-state index contributed by atoms with van der Waals surface area (Å²) in [6.45, 7) is 0. The molecule has 6 nitrogen and oxygen atoms in total. The lowest BCUT2D eigenvalue weighted by molar-refractivity contribution is -0.132. The van der Waals surface area contributed by atoms with E-state index in [-0.39, 0.29) is 0 Å². The highest BCUT2D eigenvalue weighted by molar-refractivity contribution is 6.43. The molecular weight excluding hydrogens is 344 g/mol. The van der Waals surface area contributed by atoms with Gasteiger partial charge in [0.25, 0.3) is 0 Å². The molecule has 0 saturated heterocycles. The number of ether oxygens (including phenoxy) is 2. The van der Waals surface area contributed by atoms with E-state index in [0.29, 0.717) is 28.6 Å². The molecule has 0 fully saturated rings. The van der Waals surface area contributed by atoms with Crippen molar-refractivity contribution in [3.05, 3.63) is 78.9 Å². The van der Waals surface area contributed by atoms with Crippen molar-refractivity contribution in [1.82, 2.24) is 0 Å². The number of rotatable bonds is 5. The molecule has 136 valence electrons. The Morgan fingerprint density at radius 2 is 1.07 bits per heavy atom. The summed E-state index contributed by atoms with van der Waals surface area (Å²) in [5.74, 6) is 0.484. The molecule has 0 aliphatic heterocycles. The SMILES string of the molecule is COc1ccc(NC(=O)C(=O)Nc2ccc(Oc3ccccc3)cc2)cc1. The molecule has 0 aliphatic rings. The summed E-state index contributed by atoms with van der Waals surface area (Å²) in [6, 6.07) is 22.8. The van der Waals surface area contributed by atoms with Crippen molar-refractivity contribution in [1.29, 1.82) is 0 Å². The number of hydrogen-bond acceptors (Lipinski definition) is 4. The van der Waals surface area contributed by atoms with Gasteiger partial charge in [-0.05, 0) is 60.7 Å². The number of methoxy groups -OCH3 is 1. The summed E-state index contributed by atoms with van der Waals surface area (Å²) in [4.78, 5) is 24.0. The first-order valence-corrected chi connectivity index (χ1v) is 8.23. The summed E-state index contributed by atoms with van der Waals surface area (Å²) in [5.41, 5.74) is 0.993. The van der Waals surface area contributed by atoms with Crippen LogP contribution in [0.15, 0.2) is 78.9 Å². The lowest BCUT2D eigenvalue weighted by Crippen LogP contribution is -2.29. The average Bonchev–Trinajstić information content (AvgIpc) is 2.71. The van der Waals surface area contributed by atoms with E-state index < -0.39 is 11.8 Å². The van der Waals surface area contributed by atoms with Crippen LogP contribution in [0.1, 0.15) is 0 Å². The Morgan fingerprint density at radius 3 is 1.56 bits per heavy atom. The molecule has 0 spiro atoms. The highest BCUT2D eigenvalue weighted by Crippen LogP contribution is 2.22. The van der Waals surface area contributed by atoms with Crippen molar-refractivity contribution in [2.45, 2.75) is 0 Å². The maximum absolute atomic E-state index is 12.0. The molecule has 0 radical (unpaired) electrons. The quantitative estimate of drug-likeness (QED) is 0.671. The molecule has 0 unspecified atom stereocenters. The Balaban J connectivity index is 1.55. The number of carbonyl (C=O) groups is 2. The molecule has 3 rings (SSSR count). The first-order valence-electron chi connectivity index (χ1n) is 8.23. The van der Waals surface area contributed by atoms with Crippen LogP contribution in [0.3, 0.4) is 0 Å². The normalized spacial score (nSPS) is 9.96. The van der Waals surface area contributed by atoms with Crippen LogP contribution in [0.4, 0.5) is 11.4 Å². The molecular formula is C21H18N2O4. The molecule has 0 aromatic heterocycles. The van der Waals surface area contributed by atoms with Crippen LogP contribution in [0.25, 0.3) is 0 Å². The molecule has 0 saturated carbocycles. The number of nitrogens with one attached hydrogen (secondary N) is 2. The van der Waals surface area contributed by atoms with Gasteiger partial charge in [-0.3, -0.25) is 9.59 Å². The van der Waals surface area contributed by atoms with Gasteiger partial charge >= 0.3 is 11.8 Å². The molecule has 0 atom stereocenters. The Labute approximate surface area is 156 Å². The number of anilines is 2. The third-order valence-electron chi connectivity index (χ3n) is 3.65. The van der Waals surface area contributed by atoms with Gasteiger partial charge in [0.1, 0.15) is 17.2 Å². The van der Waals surface area contributed by atoms with Gasteiger partial charge < -0.3 is 20.1 Å². The second-order valence-corrected chi connectivity index (χ2v) is 5.58. The van der Waals surface area contributed by atoms with E-state index in [4.69, 9.17) is 9.47 Å². The summed E-state index contributed by atoms with van der Waals surface area (Å²) in [7, 11) is 1.55. The number of para-hydroxylation sites is 1. The zero-order chi connectivity index (χ0) is 19.1. The fraction of sp³-hybridized carbons (Fsp3) is 0.0476. The maximum Gasteiger partial charge on any atom is 0.314 e. The minimum absolute atomic E-state index is 0.491. The number of carbonyl (C=O) groups excluding carboxylic acids is 2. The fourth-order valence-corrected chi connectivity index (χ4v) is 2.28. The first kappa shape index (κ1) is 18.0. The smallest absolute Gasteiger partial charge is 0.314 e. The van der Waals surface area contributed by atoms with E-state index in [2.05, 4.69) is 10.6 Å². The van der Waals surface area contributed by atoms with Crippen LogP contribution >= 0.6 is 0 Å². The number of amides is 2. The molecule has 0 aliphatic carbocycles. The van der Waals surface area contributed by atoms with Crippen molar-refractivity contribution < 1.29 is 19.1 Å². The first-order chi connectivity index (χ1) is 13.1. The van der Waals surface area contributed by atoms with E-state index in [1.165, 1.54) is 0 Å². The van der Waals surface area contributed by atoms with Crippen molar-refractivity contribution in [2.24, 2.45) is 0 Å². The third-order valence-corrected chi connectivity index (χ3v) is 3.65. The standard InChI is InChI=1S/C21H18N2O4/c1-26-17-11-7-15(8-12-17)22-20(24)21(25)23-16-9-13-19(14-10-16)27-18-5-3-2-4-6-18/h2-14H,1H3,(H,22,24)(H,23,25). The van der Waals surface area contributed by atoms with E-state index in [9.17, 15) is 9.59 Å². The van der Waals surface area contributed by atoms with E-state index in [0.717, 1.165) is 0 Å². The third kappa shape index (κ3) is 5.09. The van der Waals surface area contributed by atoms with Crippen LogP contribution in [-0.4, -0.2) is 18.9 Å². The van der Waals surface area contributed by atoms with Crippen LogP contribution in [-0.2, 0) is 9.59 Å². The second-order valence-electron chi connectivity index (χ2n) is 5.58. The zero-order valence-electron chi connectivity index (χ0n) is 14.6. The van der Waals surface area contributed by atoms with Gasteiger partial charge in [0.05, 0.1) is 7.11 Å². The Bertz CT molecular complexity index is 907. The molecule has 3 aromatic carbocycles. The minimum atomic E-state index is -0.762. The minimum Gasteiger partial charge on any atom is -0.497 e. The van der Waals surface area contributed by atoms with Crippen LogP contribution in [0.5, 0.6) is 17.2 Å². The van der Waals surface area contributed by atoms with E-state index >= 15 is 0 Å². The number of hydrogen-bond donors (Lipinski definition) is 2. The molecule has 2 amide bonds. The molecule has 2 N–H and O–H groups in total. The van der Waals surface area contributed by atoms with Gasteiger partial charge in [-0.25, -0.2) is 0 Å². The lowest BCUT2D eigenvalue weighted by Gasteiger charge is -2.09. The summed E-state index contributed by atoms with van der Waals surface area (Å²) in [6.07, 6.45) is 0. The van der Waals surface area contributed by atoms with Gasteiger partial charge in [-0.15, -0.1) is 0 Å². The van der Waals surface area contributed by atoms with Crippen molar-refractivity contribution >= 4 is 23.2 Å². The molecule has 0 bridgehead atoms. The topological polar surface area (TPSA) is 76.7 Å². The molecule has 3 aromatic rings. The van der Waals surface area contributed by atoms with Gasteiger partial charge in [0, 0.05) is 11.4 Å². The Morgan fingerprint density at radius 1 is 0.630 bits per heavy atom. The predicted octanol–water partition coefficient (Wildman–Crippen LogP) is 4.06. The van der Waals surface area contributed by atoms with Crippen molar-refractivity contribution in [3.63, 3.8) is 0 Å². The molecule has 0 heterocycles. The summed E-state index contributed by atoms with van der Waals surface area (Å²) in [5, 5.41) is 5.07.